The van der Waals surface area contributed by atoms with E-state index in [0.717, 1.165) is 17.0 Å². The number of nitrogens with zero attached hydrogens (tertiary/aromatic N) is 1. The molecule has 0 bridgehead atoms. The molecular formula is C16H19FN2O2. The number of imidazole rings is 1. The Morgan fingerprint density at radius 3 is 2.90 bits per heavy atom. The first-order valence-corrected chi connectivity index (χ1v) is 7.23. The number of nitrogens with one attached hydrogen (secondary N) is 1. The van der Waals surface area contributed by atoms with Crippen molar-refractivity contribution in [2.24, 2.45) is 0 Å². The number of para-hydroxylation sites is 1. The molecule has 5 heteroatoms. The molecule has 0 aliphatic carbocycles. The number of benzene rings is 1. The summed E-state index contributed by atoms with van der Waals surface area (Å²) in [7, 11) is 0. The van der Waals surface area contributed by atoms with Crippen LogP contribution in [-0.2, 0) is 0 Å². The third-order valence-electron chi connectivity index (χ3n) is 4.01. The summed E-state index contributed by atoms with van der Waals surface area (Å²) in [5.74, 6) is 0.113. The van der Waals surface area contributed by atoms with E-state index in [1.165, 1.54) is 6.07 Å². The van der Waals surface area contributed by atoms with Gasteiger partial charge < -0.3 is 9.72 Å². The number of hydrogen-bond donors (Lipinski definition) is 1. The smallest absolute Gasteiger partial charge is 0.326 e. The number of aryl methyl sites for hydroxylation is 1. The average Bonchev–Trinajstić information content (AvgIpc) is 2.73. The Morgan fingerprint density at radius 2 is 2.19 bits per heavy atom. The molecule has 1 aliphatic rings. The monoisotopic (exact) mass is 290 g/mol. The van der Waals surface area contributed by atoms with Gasteiger partial charge in [0, 0.05) is 23.4 Å². The summed E-state index contributed by atoms with van der Waals surface area (Å²) < 4.78 is 21.1. The van der Waals surface area contributed by atoms with E-state index in [-0.39, 0.29) is 29.2 Å². The van der Waals surface area contributed by atoms with Crippen LogP contribution < -0.4 is 10.4 Å². The molecule has 3 rings (SSSR count). The number of rotatable bonds is 2. The van der Waals surface area contributed by atoms with Crippen molar-refractivity contribution in [3.05, 3.63) is 51.5 Å². The lowest BCUT2D eigenvalue weighted by Gasteiger charge is -2.28. The van der Waals surface area contributed by atoms with Crippen molar-refractivity contribution >= 4 is 0 Å². The maximum atomic E-state index is 13.9. The van der Waals surface area contributed by atoms with Gasteiger partial charge in [0.05, 0.1) is 12.6 Å². The molecule has 1 N–H and O–H groups in total. The molecule has 0 fully saturated rings. The number of hydrogen-bond acceptors (Lipinski definition) is 2. The van der Waals surface area contributed by atoms with Crippen molar-refractivity contribution in [3.8, 4) is 5.75 Å². The maximum absolute atomic E-state index is 13.9. The standard InChI is InChI=1S/C16H19FN2O2/c1-9(2)14-10(3)18-16(20)19(14)13-7-8-21-15-11(13)5-4-6-12(15)17/h4-6,9,13H,7-8H2,1-3H3,(H,18,20). The maximum Gasteiger partial charge on any atom is 0.326 e. The quantitative estimate of drug-likeness (QED) is 0.923. The SMILES string of the molecule is Cc1[nH]c(=O)n(C2CCOc3c(F)cccc32)c1C(C)C. The molecule has 21 heavy (non-hydrogen) atoms. The molecule has 1 aliphatic heterocycles. The third kappa shape index (κ3) is 2.17. The first kappa shape index (κ1) is 13.9. The third-order valence-corrected chi connectivity index (χ3v) is 4.01. The molecule has 1 unspecified atom stereocenters. The minimum atomic E-state index is -0.372. The van der Waals surface area contributed by atoms with E-state index < -0.39 is 0 Å². The highest BCUT2D eigenvalue weighted by atomic mass is 19.1. The number of halogens is 1. The molecule has 2 aromatic rings. The van der Waals surface area contributed by atoms with Gasteiger partial charge in [0.1, 0.15) is 0 Å². The van der Waals surface area contributed by atoms with Crippen molar-refractivity contribution in [3.63, 3.8) is 0 Å². The molecule has 0 saturated carbocycles. The number of aromatic amines is 1. The van der Waals surface area contributed by atoms with Gasteiger partial charge >= 0.3 is 5.69 Å². The van der Waals surface area contributed by atoms with Crippen molar-refractivity contribution in [2.75, 3.05) is 6.61 Å². The van der Waals surface area contributed by atoms with Gasteiger partial charge in [-0.1, -0.05) is 26.0 Å². The van der Waals surface area contributed by atoms with Crippen LogP contribution in [0.5, 0.6) is 5.75 Å². The fourth-order valence-electron chi connectivity index (χ4n) is 3.23. The van der Waals surface area contributed by atoms with Gasteiger partial charge in [0.2, 0.25) is 0 Å². The van der Waals surface area contributed by atoms with Crippen LogP contribution in [0, 0.1) is 12.7 Å². The number of aromatic nitrogens is 2. The Labute approximate surface area is 122 Å². The van der Waals surface area contributed by atoms with E-state index >= 15 is 0 Å². The van der Waals surface area contributed by atoms with E-state index in [1.54, 1.807) is 10.6 Å². The Balaban J connectivity index is 2.21. The van der Waals surface area contributed by atoms with Gasteiger partial charge in [-0.2, -0.15) is 0 Å². The van der Waals surface area contributed by atoms with Crippen LogP contribution in [0.3, 0.4) is 0 Å². The van der Waals surface area contributed by atoms with Gasteiger partial charge in [-0.25, -0.2) is 9.18 Å². The Kier molecular flexibility index (Phi) is 3.35. The molecule has 4 nitrogen and oxygen atoms in total. The molecule has 1 aromatic carbocycles. The summed E-state index contributed by atoms with van der Waals surface area (Å²) in [4.78, 5) is 15.2. The van der Waals surface area contributed by atoms with E-state index in [1.807, 2.05) is 13.0 Å². The van der Waals surface area contributed by atoms with Crippen LogP contribution in [0.1, 0.15) is 49.2 Å². The van der Waals surface area contributed by atoms with Crippen LogP contribution in [-0.4, -0.2) is 16.2 Å². The van der Waals surface area contributed by atoms with E-state index in [0.29, 0.717) is 13.0 Å². The lowest BCUT2D eigenvalue weighted by molar-refractivity contribution is 0.241. The molecule has 0 saturated heterocycles. The highest BCUT2D eigenvalue weighted by Crippen LogP contribution is 2.37. The number of fused-ring (bicyclic) bond motifs is 1. The topological polar surface area (TPSA) is 47.0 Å². The van der Waals surface area contributed by atoms with Crippen LogP contribution in [0.4, 0.5) is 4.39 Å². The molecule has 2 heterocycles. The van der Waals surface area contributed by atoms with Crippen molar-refractivity contribution in [2.45, 2.75) is 39.2 Å². The lowest BCUT2D eigenvalue weighted by atomic mass is 9.98. The average molecular weight is 290 g/mol. The first-order valence-electron chi connectivity index (χ1n) is 7.23. The van der Waals surface area contributed by atoms with Crippen LogP contribution in [0.2, 0.25) is 0 Å². The fourth-order valence-corrected chi connectivity index (χ4v) is 3.23. The fraction of sp³-hybridized carbons (Fsp3) is 0.438. The molecular weight excluding hydrogens is 271 g/mol. The van der Waals surface area contributed by atoms with E-state index in [2.05, 4.69) is 18.8 Å². The predicted octanol–water partition coefficient (Wildman–Crippen LogP) is 3.12. The second kappa shape index (κ2) is 5.06. The lowest BCUT2D eigenvalue weighted by Crippen LogP contribution is -2.29. The summed E-state index contributed by atoms with van der Waals surface area (Å²) in [5.41, 5.74) is 2.45. The largest absolute Gasteiger partial charge is 0.490 e. The van der Waals surface area contributed by atoms with Crippen LogP contribution in [0.15, 0.2) is 23.0 Å². The Morgan fingerprint density at radius 1 is 1.43 bits per heavy atom. The highest BCUT2D eigenvalue weighted by Gasteiger charge is 2.29. The van der Waals surface area contributed by atoms with Gasteiger partial charge in [-0.3, -0.25) is 4.57 Å². The van der Waals surface area contributed by atoms with Crippen molar-refractivity contribution in [1.29, 1.82) is 0 Å². The van der Waals surface area contributed by atoms with Crippen LogP contribution >= 0.6 is 0 Å². The highest BCUT2D eigenvalue weighted by molar-refractivity contribution is 5.40. The van der Waals surface area contributed by atoms with Crippen LogP contribution in [0.25, 0.3) is 0 Å². The second-order valence-electron chi connectivity index (χ2n) is 5.78. The predicted molar refractivity (Wildman–Crippen MR) is 78.5 cm³/mol. The normalized spacial score (nSPS) is 17.7. The molecule has 0 radical (unpaired) electrons. The molecule has 1 aromatic heterocycles. The minimum Gasteiger partial charge on any atom is -0.490 e. The number of ether oxygens (including phenoxy) is 1. The second-order valence-corrected chi connectivity index (χ2v) is 5.78. The Bertz CT molecular complexity index is 730. The van der Waals surface area contributed by atoms with Crippen molar-refractivity contribution in [1.82, 2.24) is 9.55 Å². The minimum absolute atomic E-state index is 0.140. The summed E-state index contributed by atoms with van der Waals surface area (Å²) >= 11 is 0. The van der Waals surface area contributed by atoms with Gasteiger partial charge in [-0.05, 0) is 18.9 Å². The zero-order valence-electron chi connectivity index (χ0n) is 12.4. The number of H-pyrrole nitrogens is 1. The summed E-state index contributed by atoms with van der Waals surface area (Å²) in [6.45, 7) is 6.42. The van der Waals surface area contributed by atoms with E-state index in [4.69, 9.17) is 4.74 Å². The summed E-state index contributed by atoms with van der Waals surface area (Å²) in [5, 5.41) is 0. The van der Waals surface area contributed by atoms with Crippen molar-refractivity contribution < 1.29 is 9.13 Å². The van der Waals surface area contributed by atoms with Gasteiger partial charge in [-0.15, -0.1) is 0 Å². The van der Waals surface area contributed by atoms with Gasteiger partial charge in [0.25, 0.3) is 0 Å². The van der Waals surface area contributed by atoms with E-state index in [9.17, 15) is 9.18 Å². The summed E-state index contributed by atoms with van der Waals surface area (Å²) in [6, 6.07) is 4.70. The Hall–Kier alpha value is -2.04. The molecule has 112 valence electrons. The summed E-state index contributed by atoms with van der Waals surface area (Å²) in [6.07, 6.45) is 0.660. The molecule has 0 spiro atoms. The molecule has 1 atom stereocenters. The first-order chi connectivity index (χ1) is 10.0. The van der Waals surface area contributed by atoms with Gasteiger partial charge in [0.15, 0.2) is 11.6 Å². The molecule has 0 amide bonds. The zero-order chi connectivity index (χ0) is 15.1. The zero-order valence-corrected chi connectivity index (χ0v) is 12.4.